The van der Waals surface area contributed by atoms with Crippen LogP contribution in [0.4, 0.5) is 10.5 Å². The number of carboxylic acid groups (broad SMARTS) is 1. The van der Waals surface area contributed by atoms with Crippen LogP contribution in [0.1, 0.15) is 19.0 Å². The van der Waals surface area contributed by atoms with Crippen molar-refractivity contribution in [1.29, 1.82) is 0 Å². The number of rotatable bonds is 2. The number of anilines is 1. The molecule has 2 heterocycles. The van der Waals surface area contributed by atoms with Crippen LogP contribution in [-0.4, -0.2) is 44.9 Å². The topological polar surface area (TPSA) is 87.5 Å². The van der Waals surface area contributed by atoms with Crippen LogP contribution in [0.25, 0.3) is 10.9 Å². The molecule has 1 aromatic carbocycles. The van der Waals surface area contributed by atoms with E-state index < -0.39 is 11.4 Å². The number of carbonyl (C=O) groups is 2. The second kappa shape index (κ2) is 5.26. The first-order valence-corrected chi connectivity index (χ1v) is 7.53. The number of fused-ring (bicyclic) bond motifs is 1. The smallest absolute Gasteiger partial charge is 0.321 e. The number of amides is 2. The van der Waals surface area contributed by atoms with Gasteiger partial charge in [0.15, 0.2) is 0 Å². The molecule has 0 aliphatic carbocycles. The van der Waals surface area contributed by atoms with Gasteiger partial charge in [-0.3, -0.25) is 9.48 Å². The monoisotopic (exact) mass is 316 g/mol. The van der Waals surface area contributed by atoms with Crippen LogP contribution in [0.2, 0.25) is 0 Å². The minimum absolute atomic E-state index is 0.223. The molecule has 1 aromatic heterocycles. The van der Waals surface area contributed by atoms with Crippen molar-refractivity contribution < 1.29 is 14.7 Å². The van der Waals surface area contributed by atoms with E-state index in [1.807, 2.05) is 32.2 Å². The molecule has 3 rings (SSSR count). The molecule has 7 nitrogen and oxygen atoms in total. The molecule has 0 radical (unpaired) electrons. The molecule has 2 N–H and O–H groups in total. The van der Waals surface area contributed by atoms with Gasteiger partial charge in [-0.25, -0.2) is 4.79 Å². The summed E-state index contributed by atoms with van der Waals surface area (Å²) in [6, 6.07) is 5.37. The normalized spacial score (nSPS) is 20.9. The predicted octanol–water partition coefficient (Wildman–Crippen LogP) is 2.21. The van der Waals surface area contributed by atoms with Crippen molar-refractivity contribution in [2.75, 3.05) is 18.4 Å². The first kappa shape index (κ1) is 15.3. The van der Waals surface area contributed by atoms with E-state index in [1.165, 1.54) is 0 Å². The molecule has 2 aromatic rings. The molecule has 122 valence electrons. The van der Waals surface area contributed by atoms with Crippen LogP contribution in [0.3, 0.4) is 0 Å². The Bertz CT molecular complexity index is 798. The average molecular weight is 316 g/mol. The Morgan fingerprint density at radius 3 is 2.78 bits per heavy atom. The molecular weight excluding hydrogens is 296 g/mol. The van der Waals surface area contributed by atoms with Gasteiger partial charge in [-0.15, -0.1) is 0 Å². The van der Waals surface area contributed by atoms with Crippen molar-refractivity contribution >= 4 is 28.6 Å². The first-order chi connectivity index (χ1) is 10.8. The quantitative estimate of drug-likeness (QED) is 0.889. The zero-order valence-corrected chi connectivity index (χ0v) is 13.5. The fourth-order valence-corrected chi connectivity index (χ4v) is 3.03. The molecule has 23 heavy (non-hydrogen) atoms. The van der Waals surface area contributed by atoms with Gasteiger partial charge in [0.25, 0.3) is 0 Å². The number of nitrogens with zero attached hydrogens (tertiary/aromatic N) is 3. The van der Waals surface area contributed by atoms with E-state index in [1.54, 1.807) is 16.5 Å². The Morgan fingerprint density at radius 1 is 1.39 bits per heavy atom. The van der Waals surface area contributed by atoms with E-state index in [0.29, 0.717) is 18.7 Å². The van der Waals surface area contributed by atoms with Crippen molar-refractivity contribution in [3.8, 4) is 0 Å². The van der Waals surface area contributed by atoms with Crippen LogP contribution >= 0.6 is 0 Å². The van der Waals surface area contributed by atoms with Crippen molar-refractivity contribution in [2.45, 2.75) is 20.3 Å². The maximum atomic E-state index is 12.4. The summed E-state index contributed by atoms with van der Waals surface area (Å²) in [5, 5.41) is 17.5. The van der Waals surface area contributed by atoms with Crippen molar-refractivity contribution in [1.82, 2.24) is 14.7 Å². The Hall–Kier alpha value is -2.57. The van der Waals surface area contributed by atoms with Gasteiger partial charge in [-0.05, 0) is 38.5 Å². The molecule has 0 bridgehead atoms. The molecule has 2 amide bonds. The van der Waals surface area contributed by atoms with E-state index in [0.717, 1.165) is 16.6 Å². The van der Waals surface area contributed by atoms with Crippen molar-refractivity contribution in [3.63, 3.8) is 0 Å². The lowest BCUT2D eigenvalue weighted by Crippen LogP contribution is -2.37. The summed E-state index contributed by atoms with van der Waals surface area (Å²) in [7, 11) is 1.86. The van der Waals surface area contributed by atoms with Gasteiger partial charge in [-0.1, -0.05) is 0 Å². The Labute approximate surface area is 133 Å². The molecule has 1 unspecified atom stereocenters. The summed E-state index contributed by atoms with van der Waals surface area (Å²) >= 11 is 0. The number of carbonyl (C=O) groups excluding carboxylic acids is 1. The van der Waals surface area contributed by atoms with Crippen LogP contribution in [-0.2, 0) is 11.8 Å². The van der Waals surface area contributed by atoms with Gasteiger partial charge in [0.1, 0.15) is 0 Å². The molecule has 1 saturated heterocycles. The standard InChI is InChI=1S/C16H20N4O3/c1-10-12-5-4-11(8-13(12)19(3)18-10)17-15(23)20-7-6-16(2,9-20)14(21)22/h4-5,8H,6-7,9H2,1-3H3,(H,17,23)(H,21,22). The van der Waals surface area contributed by atoms with Gasteiger partial charge < -0.3 is 15.3 Å². The first-order valence-electron chi connectivity index (χ1n) is 7.53. The number of nitrogens with one attached hydrogen (secondary N) is 1. The Balaban J connectivity index is 1.76. The zero-order chi connectivity index (χ0) is 16.8. The summed E-state index contributed by atoms with van der Waals surface area (Å²) in [6.07, 6.45) is 0.468. The molecule has 0 spiro atoms. The SMILES string of the molecule is Cc1nn(C)c2cc(NC(=O)N3CCC(C)(C(=O)O)C3)ccc12. The number of aryl methyl sites for hydroxylation is 2. The third kappa shape index (κ3) is 2.62. The summed E-state index contributed by atoms with van der Waals surface area (Å²) in [5.41, 5.74) is 1.70. The van der Waals surface area contributed by atoms with Crippen molar-refractivity contribution in [3.05, 3.63) is 23.9 Å². The number of hydrogen-bond donors (Lipinski definition) is 2. The lowest BCUT2D eigenvalue weighted by atomic mass is 9.90. The van der Waals surface area contributed by atoms with Gasteiger partial charge in [0.05, 0.1) is 16.6 Å². The second-order valence-corrected chi connectivity index (χ2v) is 6.41. The van der Waals surface area contributed by atoms with E-state index in [9.17, 15) is 14.7 Å². The van der Waals surface area contributed by atoms with E-state index in [-0.39, 0.29) is 12.6 Å². The summed E-state index contributed by atoms with van der Waals surface area (Å²) in [4.78, 5) is 25.2. The van der Waals surface area contributed by atoms with E-state index >= 15 is 0 Å². The molecular formula is C16H20N4O3. The molecule has 1 atom stereocenters. The largest absolute Gasteiger partial charge is 0.481 e. The highest BCUT2D eigenvalue weighted by atomic mass is 16.4. The highest BCUT2D eigenvalue weighted by molar-refractivity contribution is 5.93. The maximum absolute atomic E-state index is 12.4. The third-order valence-electron chi connectivity index (χ3n) is 4.56. The lowest BCUT2D eigenvalue weighted by molar-refractivity contribution is -0.146. The van der Waals surface area contributed by atoms with Crippen LogP contribution in [0, 0.1) is 12.3 Å². The number of aromatic nitrogens is 2. The minimum Gasteiger partial charge on any atom is -0.481 e. The maximum Gasteiger partial charge on any atom is 0.321 e. The fraction of sp³-hybridized carbons (Fsp3) is 0.438. The van der Waals surface area contributed by atoms with E-state index in [2.05, 4.69) is 10.4 Å². The number of carboxylic acids is 1. The van der Waals surface area contributed by atoms with Crippen LogP contribution in [0.15, 0.2) is 18.2 Å². The Kier molecular flexibility index (Phi) is 3.50. The minimum atomic E-state index is -0.862. The number of hydrogen-bond acceptors (Lipinski definition) is 3. The number of likely N-dealkylation sites (tertiary alicyclic amines) is 1. The molecule has 1 aliphatic rings. The van der Waals surface area contributed by atoms with Gasteiger partial charge in [0.2, 0.25) is 0 Å². The number of urea groups is 1. The summed E-state index contributed by atoms with van der Waals surface area (Å²) < 4.78 is 1.78. The fourth-order valence-electron chi connectivity index (χ4n) is 3.03. The lowest BCUT2D eigenvalue weighted by Gasteiger charge is -2.20. The van der Waals surface area contributed by atoms with Crippen LogP contribution < -0.4 is 5.32 Å². The van der Waals surface area contributed by atoms with Crippen molar-refractivity contribution in [2.24, 2.45) is 12.5 Å². The summed E-state index contributed by atoms with van der Waals surface area (Å²) in [5.74, 6) is -0.862. The van der Waals surface area contributed by atoms with Gasteiger partial charge in [0, 0.05) is 31.2 Å². The molecule has 1 fully saturated rings. The van der Waals surface area contributed by atoms with Gasteiger partial charge in [-0.2, -0.15) is 5.10 Å². The van der Waals surface area contributed by atoms with E-state index in [4.69, 9.17) is 0 Å². The third-order valence-corrected chi connectivity index (χ3v) is 4.56. The zero-order valence-electron chi connectivity index (χ0n) is 13.5. The highest BCUT2D eigenvalue weighted by Gasteiger charge is 2.42. The summed E-state index contributed by atoms with van der Waals surface area (Å²) in [6.45, 7) is 4.29. The molecule has 7 heteroatoms. The number of benzene rings is 1. The predicted molar refractivity (Wildman–Crippen MR) is 86.4 cm³/mol. The Morgan fingerprint density at radius 2 is 2.13 bits per heavy atom. The average Bonchev–Trinajstić information content (AvgIpc) is 3.02. The molecule has 0 saturated carbocycles. The number of aliphatic carboxylic acids is 1. The molecule has 1 aliphatic heterocycles. The highest BCUT2D eigenvalue weighted by Crippen LogP contribution is 2.30. The second-order valence-electron chi connectivity index (χ2n) is 6.41. The van der Waals surface area contributed by atoms with Crippen LogP contribution in [0.5, 0.6) is 0 Å². The van der Waals surface area contributed by atoms with Gasteiger partial charge >= 0.3 is 12.0 Å².